The molecule has 1 aliphatic rings. The van der Waals surface area contributed by atoms with Gasteiger partial charge in [0.1, 0.15) is 5.75 Å². The molecule has 100 valence electrons. The number of anilines is 1. The second-order valence-electron chi connectivity index (χ2n) is 5.19. The van der Waals surface area contributed by atoms with Gasteiger partial charge in [0.25, 0.3) is 0 Å². The molecule has 0 amide bonds. The Morgan fingerprint density at radius 1 is 1.33 bits per heavy atom. The van der Waals surface area contributed by atoms with Crippen LogP contribution in [0.2, 0.25) is 0 Å². The maximum absolute atomic E-state index is 9.91. The summed E-state index contributed by atoms with van der Waals surface area (Å²) in [4.78, 5) is 4.61. The van der Waals surface area contributed by atoms with Crippen molar-refractivity contribution in [3.63, 3.8) is 0 Å². The molecule has 1 aromatic carbocycles. The number of likely N-dealkylation sites (N-methyl/N-ethyl adjacent to an activating group) is 1. The van der Waals surface area contributed by atoms with E-state index in [4.69, 9.17) is 0 Å². The normalized spacial score (nSPS) is 23.1. The van der Waals surface area contributed by atoms with Gasteiger partial charge in [0.05, 0.1) is 6.10 Å². The van der Waals surface area contributed by atoms with Crippen LogP contribution in [0.1, 0.15) is 25.5 Å². The number of benzene rings is 1. The highest BCUT2D eigenvalue weighted by Crippen LogP contribution is 2.29. The number of piperazine rings is 1. The molecule has 0 bridgehead atoms. The molecular weight excluding hydrogens is 228 g/mol. The van der Waals surface area contributed by atoms with Gasteiger partial charge < -0.3 is 20.0 Å². The van der Waals surface area contributed by atoms with E-state index in [-0.39, 0.29) is 5.75 Å². The van der Waals surface area contributed by atoms with Gasteiger partial charge in [0, 0.05) is 43.0 Å². The number of phenolic OH excluding ortho intramolecular Hbond substituents is 1. The molecular formula is C14H22N2O2. The van der Waals surface area contributed by atoms with E-state index in [1.54, 1.807) is 19.1 Å². The number of aliphatic hydroxyl groups excluding tert-OH is 1. The molecule has 4 heteroatoms. The van der Waals surface area contributed by atoms with Crippen LogP contribution in [0.4, 0.5) is 5.69 Å². The lowest BCUT2D eigenvalue weighted by Crippen LogP contribution is -2.50. The van der Waals surface area contributed by atoms with Gasteiger partial charge in [-0.2, -0.15) is 0 Å². The number of hydrogen-bond acceptors (Lipinski definition) is 4. The summed E-state index contributed by atoms with van der Waals surface area (Å²) < 4.78 is 0. The predicted molar refractivity (Wildman–Crippen MR) is 73.0 cm³/mol. The maximum atomic E-state index is 9.91. The average molecular weight is 250 g/mol. The molecule has 0 radical (unpaired) electrons. The maximum Gasteiger partial charge on any atom is 0.123 e. The number of hydrogen-bond donors (Lipinski definition) is 2. The van der Waals surface area contributed by atoms with E-state index in [2.05, 4.69) is 23.8 Å². The van der Waals surface area contributed by atoms with Crippen molar-refractivity contribution in [2.75, 3.05) is 31.6 Å². The summed E-state index contributed by atoms with van der Waals surface area (Å²) in [5.41, 5.74) is 1.61. The molecule has 1 heterocycles. The highest BCUT2D eigenvalue weighted by atomic mass is 16.3. The third-order valence-electron chi connectivity index (χ3n) is 3.79. The topological polar surface area (TPSA) is 46.9 Å². The van der Waals surface area contributed by atoms with Crippen LogP contribution in [0, 0.1) is 0 Å². The van der Waals surface area contributed by atoms with Crippen LogP contribution in [0.3, 0.4) is 0 Å². The van der Waals surface area contributed by atoms with Crippen LogP contribution in [0.15, 0.2) is 18.2 Å². The van der Waals surface area contributed by atoms with Gasteiger partial charge in [-0.05, 0) is 27.0 Å². The van der Waals surface area contributed by atoms with Crippen LogP contribution in [-0.4, -0.2) is 47.8 Å². The second kappa shape index (κ2) is 5.16. The largest absolute Gasteiger partial charge is 0.507 e. The Hall–Kier alpha value is -1.26. The zero-order valence-corrected chi connectivity index (χ0v) is 11.3. The van der Waals surface area contributed by atoms with Crippen molar-refractivity contribution in [3.8, 4) is 5.75 Å². The summed E-state index contributed by atoms with van der Waals surface area (Å²) in [5, 5.41) is 19.4. The minimum Gasteiger partial charge on any atom is -0.507 e. The highest BCUT2D eigenvalue weighted by molar-refractivity contribution is 5.54. The van der Waals surface area contributed by atoms with Crippen molar-refractivity contribution in [2.45, 2.75) is 26.0 Å². The zero-order valence-electron chi connectivity index (χ0n) is 11.3. The van der Waals surface area contributed by atoms with Crippen molar-refractivity contribution in [1.82, 2.24) is 4.90 Å². The molecule has 0 aliphatic carbocycles. The molecule has 1 aromatic rings. The van der Waals surface area contributed by atoms with Crippen molar-refractivity contribution in [1.29, 1.82) is 0 Å². The lowest BCUT2D eigenvalue weighted by molar-refractivity contribution is 0.195. The smallest absolute Gasteiger partial charge is 0.123 e. The minimum atomic E-state index is -0.634. The molecule has 18 heavy (non-hydrogen) atoms. The van der Waals surface area contributed by atoms with Crippen LogP contribution in [0.5, 0.6) is 5.75 Å². The van der Waals surface area contributed by atoms with E-state index in [0.717, 1.165) is 25.3 Å². The number of phenols is 1. The second-order valence-corrected chi connectivity index (χ2v) is 5.19. The third kappa shape index (κ3) is 2.60. The Bertz CT molecular complexity index is 420. The molecule has 2 atom stereocenters. The van der Waals surface area contributed by atoms with E-state index in [0.29, 0.717) is 11.6 Å². The molecule has 1 aliphatic heterocycles. The van der Waals surface area contributed by atoms with Gasteiger partial charge >= 0.3 is 0 Å². The van der Waals surface area contributed by atoms with E-state index >= 15 is 0 Å². The first-order chi connectivity index (χ1) is 8.49. The first-order valence-electron chi connectivity index (χ1n) is 6.45. The zero-order chi connectivity index (χ0) is 13.3. The summed E-state index contributed by atoms with van der Waals surface area (Å²) in [6.45, 7) is 6.82. The number of aliphatic hydroxyl groups is 1. The van der Waals surface area contributed by atoms with Gasteiger partial charge in [0.15, 0.2) is 0 Å². The minimum absolute atomic E-state index is 0.175. The van der Waals surface area contributed by atoms with E-state index < -0.39 is 6.10 Å². The molecule has 0 aromatic heterocycles. The Labute approximate surface area is 108 Å². The molecule has 1 fully saturated rings. The Morgan fingerprint density at radius 3 is 2.61 bits per heavy atom. The number of rotatable bonds is 2. The molecule has 2 unspecified atom stereocenters. The van der Waals surface area contributed by atoms with Gasteiger partial charge in [-0.15, -0.1) is 0 Å². The molecule has 2 rings (SSSR count). The quantitative estimate of drug-likeness (QED) is 0.836. The van der Waals surface area contributed by atoms with Gasteiger partial charge in [-0.1, -0.05) is 6.07 Å². The van der Waals surface area contributed by atoms with Crippen molar-refractivity contribution < 1.29 is 10.2 Å². The lowest BCUT2D eigenvalue weighted by atomic mass is 10.1. The van der Waals surface area contributed by atoms with Crippen molar-refractivity contribution in [2.24, 2.45) is 0 Å². The van der Waals surface area contributed by atoms with Gasteiger partial charge in [0.2, 0.25) is 0 Å². The van der Waals surface area contributed by atoms with Gasteiger partial charge in [-0.3, -0.25) is 0 Å². The Morgan fingerprint density at radius 2 is 2.06 bits per heavy atom. The molecule has 0 spiro atoms. The average Bonchev–Trinajstić information content (AvgIpc) is 2.32. The fraction of sp³-hybridized carbons (Fsp3) is 0.571. The van der Waals surface area contributed by atoms with E-state index in [1.165, 1.54) is 0 Å². The SMILES string of the molecule is CC(O)c1ccc(N2CCN(C)C(C)C2)cc1O. The van der Waals surface area contributed by atoms with Crippen LogP contribution >= 0.6 is 0 Å². The Kier molecular flexibility index (Phi) is 3.78. The molecule has 2 N–H and O–H groups in total. The first kappa shape index (κ1) is 13.2. The van der Waals surface area contributed by atoms with E-state index in [1.807, 2.05) is 6.07 Å². The fourth-order valence-electron chi connectivity index (χ4n) is 2.36. The molecule has 0 saturated carbocycles. The molecule has 4 nitrogen and oxygen atoms in total. The standard InChI is InChI=1S/C14H22N2O2/c1-10-9-16(7-6-15(10)3)12-4-5-13(11(2)17)14(18)8-12/h4-5,8,10-11,17-18H,6-7,9H2,1-3H3. The van der Waals surface area contributed by atoms with Crippen LogP contribution in [-0.2, 0) is 0 Å². The lowest BCUT2D eigenvalue weighted by Gasteiger charge is -2.39. The monoisotopic (exact) mass is 250 g/mol. The summed E-state index contributed by atoms with van der Waals surface area (Å²) in [7, 11) is 2.13. The Balaban J connectivity index is 2.17. The number of aromatic hydroxyl groups is 1. The highest BCUT2D eigenvalue weighted by Gasteiger charge is 2.21. The van der Waals surface area contributed by atoms with Crippen molar-refractivity contribution >= 4 is 5.69 Å². The number of nitrogens with zero attached hydrogens (tertiary/aromatic N) is 2. The predicted octanol–water partition coefficient (Wildman–Crippen LogP) is 1.59. The van der Waals surface area contributed by atoms with Gasteiger partial charge in [-0.25, -0.2) is 0 Å². The fourth-order valence-corrected chi connectivity index (χ4v) is 2.36. The summed E-state index contributed by atoms with van der Waals surface area (Å²) in [6, 6.07) is 6.04. The van der Waals surface area contributed by atoms with Crippen LogP contribution in [0.25, 0.3) is 0 Å². The summed E-state index contributed by atoms with van der Waals surface area (Å²) >= 11 is 0. The summed E-state index contributed by atoms with van der Waals surface area (Å²) in [5.74, 6) is 0.175. The summed E-state index contributed by atoms with van der Waals surface area (Å²) in [6.07, 6.45) is -0.634. The van der Waals surface area contributed by atoms with E-state index in [9.17, 15) is 10.2 Å². The third-order valence-corrected chi connectivity index (χ3v) is 3.79. The van der Waals surface area contributed by atoms with Crippen molar-refractivity contribution in [3.05, 3.63) is 23.8 Å². The van der Waals surface area contributed by atoms with Crippen LogP contribution < -0.4 is 4.90 Å². The first-order valence-corrected chi connectivity index (χ1v) is 6.45. The molecule has 1 saturated heterocycles.